The predicted octanol–water partition coefficient (Wildman–Crippen LogP) is 4.23. The van der Waals surface area contributed by atoms with Crippen molar-refractivity contribution in [1.82, 2.24) is 20.2 Å². The minimum atomic E-state index is -3.58. The maximum atomic E-state index is 13.5. The number of hydrogen-bond donors (Lipinski definition) is 3. The number of halogens is 2. The molecule has 2 aromatic heterocycles. The molecule has 0 aliphatic carbocycles. The Balaban J connectivity index is 1.60. The summed E-state index contributed by atoms with van der Waals surface area (Å²) in [6.07, 6.45) is 4.65. The lowest BCUT2D eigenvalue weighted by Crippen LogP contribution is -2.15. The normalized spacial score (nSPS) is 11.3. The molecule has 0 aliphatic heterocycles. The van der Waals surface area contributed by atoms with Crippen molar-refractivity contribution in [3.05, 3.63) is 78.3 Å². The molecule has 0 saturated heterocycles. The largest absolute Gasteiger partial charge is 0.487 e. The van der Waals surface area contributed by atoms with Gasteiger partial charge in [-0.05, 0) is 36.8 Å². The first-order valence-electron chi connectivity index (χ1n) is 10.1. The Bertz CT molecular complexity index is 1400. The van der Waals surface area contributed by atoms with Gasteiger partial charge in [0.05, 0.1) is 23.3 Å². The van der Waals surface area contributed by atoms with E-state index in [-0.39, 0.29) is 23.8 Å². The van der Waals surface area contributed by atoms with Gasteiger partial charge in [0.15, 0.2) is 17.5 Å². The average Bonchev–Trinajstić information content (AvgIpc) is 3.29. The standard InChI is InChI=1S/C22H20F2N6O3S/c1-2-34(31,32)30-18-6-4-15(10-20(18)33-13-14-3-5-16(23)17(24)9-14)19-11-21(29-28-19)27-22-12-25-7-8-26-22/h3-12,30H,2,13H2,1H3,(H2,26,27,28,29). The number of aromatic nitrogens is 4. The quantitative estimate of drug-likeness (QED) is 0.324. The van der Waals surface area contributed by atoms with Crippen LogP contribution in [0.2, 0.25) is 0 Å². The summed E-state index contributed by atoms with van der Waals surface area (Å²) in [6.45, 7) is 1.40. The number of nitrogens with zero attached hydrogens (tertiary/aromatic N) is 3. The van der Waals surface area contributed by atoms with Gasteiger partial charge in [0.25, 0.3) is 0 Å². The number of aromatic amines is 1. The number of H-pyrrole nitrogens is 1. The zero-order valence-electron chi connectivity index (χ0n) is 17.9. The third-order valence-corrected chi connectivity index (χ3v) is 6.00. The van der Waals surface area contributed by atoms with Crippen molar-refractivity contribution in [3.8, 4) is 17.0 Å². The summed E-state index contributed by atoms with van der Waals surface area (Å²) in [7, 11) is -3.58. The lowest BCUT2D eigenvalue weighted by Gasteiger charge is -2.14. The summed E-state index contributed by atoms with van der Waals surface area (Å²) in [5.74, 6) is -0.877. The van der Waals surface area contributed by atoms with Crippen molar-refractivity contribution in [2.45, 2.75) is 13.5 Å². The van der Waals surface area contributed by atoms with Gasteiger partial charge in [0.1, 0.15) is 18.2 Å². The monoisotopic (exact) mass is 486 g/mol. The van der Waals surface area contributed by atoms with Crippen LogP contribution < -0.4 is 14.8 Å². The van der Waals surface area contributed by atoms with E-state index in [0.717, 1.165) is 12.1 Å². The van der Waals surface area contributed by atoms with Crippen LogP contribution in [-0.2, 0) is 16.6 Å². The van der Waals surface area contributed by atoms with Gasteiger partial charge in [-0.25, -0.2) is 22.2 Å². The van der Waals surface area contributed by atoms with Gasteiger partial charge in [-0.2, -0.15) is 5.10 Å². The van der Waals surface area contributed by atoms with E-state index in [2.05, 4.69) is 30.2 Å². The molecule has 3 N–H and O–H groups in total. The molecule has 0 saturated carbocycles. The van der Waals surface area contributed by atoms with Crippen LogP contribution in [-0.4, -0.2) is 34.3 Å². The highest BCUT2D eigenvalue weighted by Gasteiger charge is 2.15. The molecule has 34 heavy (non-hydrogen) atoms. The fourth-order valence-corrected chi connectivity index (χ4v) is 3.60. The van der Waals surface area contributed by atoms with Crippen LogP contribution in [0, 0.1) is 11.6 Å². The zero-order chi connectivity index (χ0) is 24.1. The molecule has 0 unspecified atom stereocenters. The summed E-state index contributed by atoms with van der Waals surface area (Å²) in [4.78, 5) is 8.10. The van der Waals surface area contributed by atoms with E-state index < -0.39 is 21.7 Å². The molecule has 0 spiro atoms. The zero-order valence-corrected chi connectivity index (χ0v) is 18.7. The minimum absolute atomic E-state index is 0.107. The summed E-state index contributed by atoms with van der Waals surface area (Å²) in [6, 6.07) is 10.0. The Morgan fingerprint density at radius 2 is 1.88 bits per heavy atom. The van der Waals surface area contributed by atoms with Crippen molar-refractivity contribution < 1.29 is 21.9 Å². The molecule has 4 aromatic rings. The van der Waals surface area contributed by atoms with Crippen LogP contribution in [0.5, 0.6) is 5.75 Å². The highest BCUT2D eigenvalue weighted by atomic mass is 32.2. The molecule has 4 rings (SSSR count). The molecule has 2 heterocycles. The van der Waals surface area contributed by atoms with Crippen molar-refractivity contribution in [3.63, 3.8) is 0 Å². The van der Waals surface area contributed by atoms with Crippen molar-refractivity contribution >= 4 is 27.3 Å². The highest BCUT2D eigenvalue weighted by Crippen LogP contribution is 2.32. The Hall–Kier alpha value is -4.06. The minimum Gasteiger partial charge on any atom is -0.487 e. The molecular formula is C22H20F2N6O3S. The first kappa shape index (κ1) is 23.1. The molecule has 0 radical (unpaired) electrons. The van der Waals surface area contributed by atoms with Crippen LogP contribution in [0.1, 0.15) is 12.5 Å². The van der Waals surface area contributed by atoms with Crippen molar-refractivity contribution in [2.24, 2.45) is 0 Å². The van der Waals surface area contributed by atoms with E-state index in [4.69, 9.17) is 4.74 Å². The van der Waals surface area contributed by atoms with Gasteiger partial charge in [-0.15, -0.1) is 0 Å². The van der Waals surface area contributed by atoms with Crippen LogP contribution in [0.15, 0.2) is 61.1 Å². The van der Waals surface area contributed by atoms with E-state index in [9.17, 15) is 17.2 Å². The molecule has 176 valence electrons. The van der Waals surface area contributed by atoms with Crippen LogP contribution in [0.3, 0.4) is 0 Å². The summed E-state index contributed by atoms with van der Waals surface area (Å²) < 4.78 is 59.3. The first-order chi connectivity index (χ1) is 16.3. The second-order valence-corrected chi connectivity index (χ2v) is 9.15. The summed E-state index contributed by atoms with van der Waals surface area (Å²) >= 11 is 0. The molecule has 0 bridgehead atoms. The Labute approximate surface area is 194 Å². The molecule has 2 aromatic carbocycles. The first-order valence-corrected chi connectivity index (χ1v) is 11.8. The third kappa shape index (κ3) is 5.64. The average molecular weight is 487 g/mol. The van der Waals surface area contributed by atoms with Gasteiger partial charge < -0.3 is 10.1 Å². The van der Waals surface area contributed by atoms with Gasteiger partial charge in [0.2, 0.25) is 10.0 Å². The maximum absolute atomic E-state index is 13.5. The second kappa shape index (κ2) is 9.83. The van der Waals surface area contributed by atoms with Crippen LogP contribution in [0.25, 0.3) is 11.3 Å². The fourth-order valence-electron chi connectivity index (χ4n) is 2.95. The summed E-state index contributed by atoms with van der Waals surface area (Å²) in [5.41, 5.74) is 1.87. The van der Waals surface area contributed by atoms with Gasteiger partial charge in [0, 0.05) is 24.0 Å². The van der Waals surface area contributed by atoms with E-state index in [1.165, 1.54) is 13.0 Å². The Kier molecular flexibility index (Phi) is 6.68. The fraction of sp³-hybridized carbons (Fsp3) is 0.136. The Morgan fingerprint density at radius 3 is 2.62 bits per heavy atom. The molecular weight excluding hydrogens is 466 g/mol. The summed E-state index contributed by atoms with van der Waals surface area (Å²) in [5, 5.41) is 10.1. The lowest BCUT2D eigenvalue weighted by atomic mass is 10.1. The van der Waals surface area contributed by atoms with Crippen molar-refractivity contribution in [2.75, 3.05) is 15.8 Å². The molecule has 9 nitrogen and oxygen atoms in total. The number of rotatable bonds is 9. The van der Waals surface area contributed by atoms with E-state index in [0.29, 0.717) is 28.5 Å². The highest BCUT2D eigenvalue weighted by molar-refractivity contribution is 7.92. The van der Waals surface area contributed by atoms with E-state index in [1.54, 1.807) is 42.9 Å². The number of hydrogen-bond acceptors (Lipinski definition) is 7. The maximum Gasteiger partial charge on any atom is 0.232 e. The lowest BCUT2D eigenvalue weighted by molar-refractivity contribution is 0.307. The van der Waals surface area contributed by atoms with Gasteiger partial charge >= 0.3 is 0 Å². The topological polar surface area (TPSA) is 122 Å². The number of nitrogens with one attached hydrogen (secondary N) is 3. The SMILES string of the molecule is CCS(=O)(=O)Nc1ccc(-c2cc(Nc3cnccn3)n[nH]2)cc1OCc1ccc(F)c(F)c1. The smallest absolute Gasteiger partial charge is 0.232 e. The van der Waals surface area contributed by atoms with Crippen LogP contribution >= 0.6 is 0 Å². The van der Waals surface area contributed by atoms with Crippen LogP contribution in [0.4, 0.5) is 26.1 Å². The third-order valence-electron chi connectivity index (χ3n) is 4.71. The predicted molar refractivity (Wildman–Crippen MR) is 123 cm³/mol. The number of sulfonamides is 1. The Morgan fingerprint density at radius 1 is 1.03 bits per heavy atom. The number of ether oxygens (including phenoxy) is 1. The molecule has 0 aliphatic rings. The molecule has 12 heteroatoms. The van der Waals surface area contributed by atoms with E-state index in [1.807, 2.05) is 0 Å². The number of anilines is 3. The molecule has 0 atom stereocenters. The molecule has 0 fully saturated rings. The van der Waals surface area contributed by atoms with Gasteiger partial charge in [-0.3, -0.25) is 14.8 Å². The van der Waals surface area contributed by atoms with Crippen molar-refractivity contribution in [1.29, 1.82) is 0 Å². The second-order valence-electron chi connectivity index (χ2n) is 7.14. The number of benzene rings is 2. The van der Waals surface area contributed by atoms with E-state index >= 15 is 0 Å². The molecule has 0 amide bonds. The van der Waals surface area contributed by atoms with Gasteiger partial charge in [-0.1, -0.05) is 12.1 Å².